The maximum absolute atomic E-state index is 11.8. The van der Waals surface area contributed by atoms with Crippen molar-refractivity contribution in [1.29, 1.82) is 0 Å². The molecule has 0 radical (unpaired) electrons. The van der Waals surface area contributed by atoms with Gasteiger partial charge in [-0.15, -0.1) is 0 Å². The number of carbonyl (C=O) groups excluding carboxylic acids is 1. The molecule has 1 heterocycles. The van der Waals surface area contributed by atoms with Crippen molar-refractivity contribution in [2.45, 2.75) is 46.6 Å². The van der Waals surface area contributed by atoms with E-state index in [1.165, 1.54) is 0 Å². The summed E-state index contributed by atoms with van der Waals surface area (Å²) in [7, 11) is 0. The second-order valence-electron chi connectivity index (χ2n) is 7.96. The van der Waals surface area contributed by atoms with Crippen molar-refractivity contribution in [2.24, 2.45) is 5.41 Å². The number of carbonyl (C=O) groups is 2. The van der Waals surface area contributed by atoms with Crippen molar-refractivity contribution < 1.29 is 19.4 Å². The molecule has 1 aromatic heterocycles. The molecule has 7 nitrogen and oxygen atoms in total. The number of anilines is 1. The molecule has 2 aromatic rings. The molecule has 0 saturated heterocycles. The number of nitrogens with zero attached hydrogens (tertiary/aromatic N) is 2. The Kier molecular flexibility index (Phi) is 5.83. The van der Waals surface area contributed by atoms with Crippen LogP contribution in [0.4, 0.5) is 10.7 Å². The Hall–Kier alpha value is -2.96. The van der Waals surface area contributed by atoms with Crippen LogP contribution in [0.5, 0.6) is 0 Å². The molecule has 0 aliphatic carbocycles. The fourth-order valence-corrected chi connectivity index (χ4v) is 2.35. The molecule has 1 aromatic carbocycles. The number of ether oxygens (including phenoxy) is 1. The summed E-state index contributed by atoms with van der Waals surface area (Å²) in [5.41, 5.74) is 0.955. The van der Waals surface area contributed by atoms with E-state index in [2.05, 4.69) is 15.3 Å². The Bertz CT molecular complexity index is 824. The average Bonchev–Trinajstić information content (AvgIpc) is 2.53. The molecule has 1 amide bonds. The van der Waals surface area contributed by atoms with Crippen LogP contribution >= 0.6 is 0 Å². The maximum Gasteiger partial charge on any atom is 0.414 e. The first-order chi connectivity index (χ1) is 12.5. The zero-order valence-corrected chi connectivity index (χ0v) is 16.2. The highest BCUT2D eigenvalue weighted by molar-refractivity contribution is 5.82. The van der Waals surface area contributed by atoms with E-state index >= 15 is 0 Å². The fraction of sp³-hybridized carbons (Fsp3) is 0.400. The topological polar surface area (TPSA) is 101 Å². The molecule has 144 valence electrons. The lowest BCUT2D eigenvalue weighted by Gasteiger charge is -2.19. The largest absolute Gasteiger partial charge is 0.481 e. The van der Waals surface area contributed by atoms with E-state index in [0.717, 1.165) is 11.1 Å². The first-order valence-electron chi connectivity index (χ1n) is 8.62. The molecule has 2 rings (SSSR count). The predicted octanol–water partition coefficient (Wildman–Crippen LogP) is 4.14. The summed E-state index contributed by atoms with van der Waals surface area (Å²) in [6.45, 7) is 8.72. The first-order valence-corrected chi connectivity index (χ1v) is 8.62. The maximum atomic E-state index is 11.8. The molecule has 0 saturated carbocycles. The van der Waals surface area contributed by atoms with Crippen molar-refractivity contribution in [3.05, 3.63) is 42.1 Å². The smallest absolute Gasteiger partial charge is 0.414 e. The molecule has 0 fully saturated rings. The SMILES string of the molecule is CC(C)(C)OC(=O)Nc1nccc(-c2ccc(CC(C)(C)C(=O)O)cc2)n1. The molecule has 27 heavy (non-hydrogen) atoms. The second-order valence-corrected chi connectivity index (χ2v) is 7.96. The molecule has 0 spiro atoms. The van der Waals surface area contributed by atoms with E-state index < -0.39 is 23.1 Å². The molecular formula is C20H25N3O4. The first kappa shape index (κ1) is 20.4. The van der Waals surface area contributed by atoms with Gasteiger partial charge in [0.05, 0.1) is 11.1 Å². The summed E-state index contributed by atoms with van der Waals surface area (Å²) in [6, 6.07) is 9.22. The number of nitrogens with one attached hydrogen (secondary N) is 1. The number of benzene rings is 1. The van der Waals surface area contributed by atoms with E-state index in [0.29, 0.717) is 12.1 Å². The van der Waals surface area contributed by atoms with Crippen molar-refractivity contribution in [3.63, 3.8) is 0 Å². The summed E-state index contributed by atoms with van der Waals surface area (Å²) in [5.74, 6) is -0.682. The van der Waals surface area contributed by atoms with Crippen LogP contribution in [-0.4, -0.2) is 32.7 Å². The number of amides is 1. The number of hydrogen-bond donors (Lipinski definition) is 2. The zero-order chi connectivity index (χ0) is 20.2. The number of rotatable bonds is 5. The molecule has 0 unspecified atom stereocenters. The van der Waals surface area contributed by atoms with Gasteiger partial charge in [-0.2, -0.15) is 0 Å². The fourth-order valence-electron chi connectivity index (χ4n) is 2.35. The van der Waals surface area contributed by atoms with Gasteiger partial charge in [0.15, 0.2) is 0 Å². The minimum atomic E-state index is -0.833. The standard InChI is InChI=1S/C20H25N3O4/c1-19(2,3)27-18(26)23-17-21-11-10-15(22-17)14-8-6-13(7-9-14)12-20(4,5)16(24)25/h6-11H,12H2,1-5H3,(H,24,25)(H,21,22,23,26). The van der Waals surface area contributed by atoms with Crippen LogP contribution in [0.15, 0.2) is 36.5 Å². The van der Waals surface area contributed by atoms with Crippen LogP contribution in [0.1, 0.15) is 40.2 Å². The van der Waals surface area contributed by atoms with Gasteiger partial charge in [-0.05, 0) is 52.7 Å². The molecule has 7 heteroatoms. The van der Waals surface area contributed by atoms with Gasteiger partial charge in [-0.25, -0.2) is 14.8 Å². The van der Waals surface area contributed by atoms with Gasteiger partial charge in [0, 0.05) is 11.8 Å². The normalized spacial score (nSPS) is 11.7. The molecule has 0 atom stereocenters. The summed E-state index contributed by atoms with van der Waals surface area (Å²) < 4.78 is 5.19. The van der Waals surface area contributed by atoms with E-state index in [1.807, 2.05) is 24.3 Å². The van der Waals surface area contributed by atoms with E-state index in [-0.39, 0.29) is 5.95 Å². The van der Waals surface area contributed by atoms with Crippen LogP contribution in [0.2, 0.25) is 0 Å². The van der Waals surface area contributed by atoms with Gasteiger partial charge in [-0.1, -0.05) is 24.3 Å². The van der Waals surface area contributed by atoms with Crippen molar-refractivity contribution in [2.75, 3.05) is 5.32 Å². The molecule has 0 aliphatic rings. The average molecular weight is 371 g/mol. The minimum absolute atomic E-state index is 0.151. The van der Waals surface area contributed by atoms with Gasteiger partial charge < -0.3 is 9.84 Å². The van der Waals surface area contributed by atoms with Gasteiger partial charge >= 0.3 is 12.1 Å². The lowest BCUT2D eigenvalue weighted by molar-refractivity contribution is -0.146. The highest BCUT2D eigenvalue weighted by atomic mass is 16.6. The number of carboxylic acids is 1. The number of aromatic nitrogens is 2. The predicted molar refractivity (Wildman–Crippen MR) is 102 cm³/mol. The van der Waals surface area contributed by atoms with E-state index in [1.54, 1.807) is 46.9 Å². The number of hydrogen-bond acceptors (Lipinski definition) is 5. The number of aliphatic carboxylic acids is 1. The Morgan fingerprint density at radius 3 is 2.26 bits per heavy atom. The Morgan fingerprint density at radius 1 is 1.07 bits per heavy atom. The molecular weight excluding hydrogens is 346 g/mol. The van der Waals surface area contributed by atoms with Crippen molar-refractivity contribution in [1.82, 2.24) is 9.97 Å². The quantitative estimate of drug-likeness (QED) is 0.819. The van der Waals surface area contributed by atoms with Gasteiger partial charge in [-0.3, -0.25) is 10.1 Å². The van der Waals surface area contributed by atoms with Crippen molar-refractivity contribution >= 4 is 18.0 Å². The van der Waals surface area contributed by atoms with Crippen LogP contribution in [0.25, 0.3) is 11.3 Å². The van der Waals surface area contributed by atoms with Crippen molar-refractivity contribution in [3.8, 4) is 11.3 Å². The summed E-state index contributed by atoms with van der Waals surface area (Å²) in [5, 5.41) is 11.8. The summed E-state index contributed by atoms with van der Waals surface area (Å²) >= 11 is 0. The van der Waals surface area contributed by atoms with E-state index in [4.69, 9.17) is 4.74 Å². The summed E-state index contributed by atoms with van der Waals surface area (Å²) in [6.07, 6.45) is 1.36. The lowest BCUT2D eigenvalue weighted by Crippen LogP contribution is -2.27. The van der Waals surface area contributed by atoms with Crippen LogP contribution in [-0.2, 0) is 16.0 Å². The van der Waals surface area contributed by atoms with E-state index in [9.17, 15) is 14.7 Å². The highest BCUT2D eigenvalue weighted by Gasteiger charge is 2.27. The lowest BCUT2D eigenvalue weighted by atomic mass is 9.86. The molecule has 2 N–H and O–H groups in total. The monoisotopic (exact) mass is 371 g/mol. The van der Waals surface area contributed by atoms with Gasteiger partial charge in [0.1, 0.15) is 5.60 Å². The minimum Gasteiger partial charge on any atom is -0.481 e. The van der Waals surface area contributed by atoms with Crippen LogP contribution in [0.3, 0.4) is 0 Å². The third kappa shape index (κ3) is 6.06. The molecule has 0 aliphatic heterocycles. The highest BCUT2D eigenvalue weighted by Crippen LogP contribution is 2.24. The summed E-state index contributed by atoms with van der Waals surface area (Å²) in [4.78, 5) is 31.5. The van der Waals surface area contributed by atoms with Crippen LogP contribution in [0, 0.1) is 5.41 Å². The Morgan fingerprint density at radius 2 is 1.70 bits per heavy atom. The third-order valence-electron chi connectivity index (χ3n) is 3.74. The number of carboxylic acid groups (broad SMARTS) is 1. The van der Waals surface area contributed by atoms with Crippen LogP contribution < -0.4 is 5.32 Å². The Balaban J connectivity index is 2.13. The van der Waals surface area contributed by atoms with Gasteiger partial charge in [0.2, 0.25) is 5.95 Å². The molecule has 0 bridgehead atoms. The van der Waals surface area contributed by atoms with Gasteiger partial charge in [0.25, 0.3) is 0 Å². The third-order valence-corrected chi connectivity index (χ3v) is 3.74. The zero-order valence-electron chi connectivity index (χ0n) is 16.2. The second kappa shape index (κ2) is 7.73. The Labute approximate surface area is 158 Å².